The number of aromatic nitrogens is 4. The van der Waals surface area contributed by atoms with Crippen LogP contribution in [0.1, 0.15) is 5.56 Å². The van der Waals surface area contributed by atoms with Crippen LogP contribution in [0.2, 0.25) is 0 Å². The van der Waals surface area contributed by atoms with E-state index in [2.05, 4.69) is 20.8 Å². The van der Waals surface area contributed by atoms with Gasteiger partial charge >= 0.3 is 0 Å². The average molecular weight is 281 g/mol. The molecule has 0 spiro atoms. The van der Waals surface area contributed by atoms with Gasteiger partial charge in [-0.15, -0.1) is 0 Å². The summed E-state index contributed by atoms with van der Waals surface area (Å²) in [7, 11) is 0. The molecule has 21 heavy (non-hydrogen) atoms. The van der Waals surface area contributed by atoms with Crippen molar-refractivity contribution in [2.75, 3.05) is 11.9 Å². The van der Waals surface area contributed by atoms with Gasteiger partial charge in [-0.2, -0.15) is 4.68 Å². The number of hydrogen-bond donors (Lipinski definition) is 2. The van der Waals surface area contributed by atoms with Gasteiger partial charge in [-0.25, -0.2) is 0 Å². The molecule has 3 aromatic rings. The van der Waals surface area contributed by atoms with E-state index in [4.69, 9.17) is 0 Å². The van der Waals surface area contributed by atoms with E-state index in [1.165, 1.54) is 0 Å². The van der Waals surface area contributed by atoms with E-state index >= 15 is 0 Å². The van der Waals surface area contributed by atoms with Crippen LogP contribution in [0.4, 0.5) is 5.95 Å². The molecule has 0 atom stereocenters. The van der Waals surface area contributed by atoms with Crippen molar-refractivity contribution in [3.63, 3.8) is 0 Å². The predicted octanol–water partition coefficient (Wildman–Crippen LogP) is 2.02. The lowest BCUT2D eigenvalue weighted by Crippen LogP contribution is -2.10. The van der Waals surface area contributed by atoms with Gasteiger partial charge in [0.1, 0.15) is 5.75 Å². The summed E-state index contributed by atoms with van der Waals surface area (Å²) < 4.78 is 1.66. The highest BCUT2D eigenvalue weighted by molar-refractivity contribution is 5.38. The van der Waals surface area contributed by atoms with Crippen molar-refractivity contribution in [3.8, 4) is 11.4 Å². The molecule has 0 fully saturated rings. The molecule has 0 aliphatic rings. The Hall–Kier alpha value is -2.89. The molecular formula is C15H15N5O. The van der Waals surface area contributed by atoms with Crippen molar-refractivity contribution in [1.82, 2.24) is 20.2 Å². The number of para-hydroxylation sites is 1. The van der Waals surface area contributed by atoms with Crippen molar-refractivity contribution < 1.29 is 5.11 Å². The van der Waals surface area contributed by atoms with Gasteiger partial charge < -0.3 is 10.4 Å². The highest BCUT2D eigenvalue weighted by Gasteiger charge is 2.06. The molecule has 0 bridgehead atoms. The first-order valence-corrected chi connectivity index (χ1v) is 6.68. The maximum absolute atomic E-state index is 9.25. The second kappa shape index (κ2) is 6.04. The van der Waals surface area contributed by atoms with Crippen LogP contribution in [0.15, 0.2) is 54.6 Å². The molecule has 0 aliphatic heterocycles. The summed E-state index contributed by atoms with van der Waals surface area (Å²) in [6.45, 7) is 0.706. The number of rotatable bonds is 5. The van der Waals surface area contributed by atoms with Gasteiger partial charge in [0, 0.05) is 6.54 Å². The van der Waals surface area contributed by atoms with Crippen LogP contribution in [0.25, 0.3) is 5.69 Å². The first-order valence-electron chi connectivity index (χ1n) is 6.68. The number of hydrogen-bond acceptors (Lipinski definition) is 5. The topological polar surface area (TPSA) is 75.9 Å². The number of phenols is 1. The highest BCUT2D eigenvalue weighted by Crippen LogP contribution is 2.12. The van der Waals surface area contributed by atoms with Crippen LogP contribution in [-0.2, 0) is 6.42 Å². The van der Waals surface area contributed by atoms with Gasteiger partial charge in [0.05, 0.1) is 5.69 Å². The molecule has 1 heterocycles. The fourth-order valence-electron chi connectivity index (χ4n) is 2.02. The molecule has 1 aromatic heterocycles. The van der Waals surface area contributed by atoms with Crippen LogP contribution >= 0.6 is 0 Å². The summed E-state index contributed by atoms with van der Waals surface area (Å²) in [5.41, 5.74) is 2.05. The van der Waals surface area contributed by atoms with E-state index in [0.717, 1.165) is 17.7 Å². The fourth-order valence-corrected chi connectivity index (χ4v) is 2.02. The van der Waals surface area contributed by atoms with Crippen LogP contribution in [0.5, 0.6) is 5.75 Å². The Morgan fingerprint density at radius 2 is 1.76 bits per heavy atom. The van der Waals surface area contributed by atoms with Crippen molar-refractivity contribution in [2.45, 2.75) is 6.42 Å². The number of aromatic hydroxyl groups is 1. The molecule has 2 N–H and O–H groups in total. The molecule has 0 unspecified atom stereocenters. The van der Waals surface area contributed by atoms with Gasteiger partial charge in [0.25, 0.3) is 0 Å². The highest BCUT2D eigenvalue weighted by atomic mass is 16.3. The summed E-state index contributed by atoms with van der Waals surface area (Å²) in [6, 6.07) is 16.9. The maximum atomic E-state index is 9.25. The Morgan fingerprint density at radius 1 is 1.00 bits per heavy atom. The van der Waals surface area contributed by atoms with E-state index < -0.39 is 0 Å². The number of benzene rings is 2. The van der Waals surface area contributed by atoms with Gasteiger partial charge in [0.2, 0.25) is 5.95 Å². The standard InChI is InChI=1S/C15H15N5O/c21-14-8-6-12(7-9-14)10-11-16-15-17-18-19-20(15)13-4-2-1-3-5-13/h1-9,21H,10-11H2,(H,16,17,19). The third-order valence-electron chi connectivity index (χ3n) is 3.10. The summed E-state index contributed by atoms with van der Waals surface area (Å²) in [5, 5.41) is 24.1. The molecule has 0 amide bonds. The van der Waals surface area contributed by atoms with E-state index in [1.807, 2.05) is 42.5 Å². The summed E-state index contributed by atoms with van der Waals surface area (Å²) in [6.07, 6.45) is 0.821. The minimum atomic E-state index is 0.278. The normalized spacial score (nSPS) is 10.5. The van der Waals surface area contributed by atoms with E-state index in [1.54, 1.807) is 16.8 Å². The van der Waals surface area contributed by atoms with Crippen LogP contribution in [0, 0.1) is 0 Å². The molecule has 0 saturated carbocycles. The first-order chi connectivity index (χ1) is 10.3. The largest absolute Gasteiger partial charge is 0.508 e. The lowest BCUT2D eigenvalue weighted by Gasteiger charge is -2.07. The average Bonchev–Trinajstić information content (AvgIpc) is 2.99. The van der Waals surface area contributed by atoms with Crippen LogP contribution in [-0.4, -0.2) is 31.9 Å². The van der Waals surface area contributed by atoms with E-state index in [9.17, 15) is 5.11 Å². The monoisotopic (exact) mass is 281 g/mol. The summed E-state index contributed by atoms with van der Waals surface area (Å²) in [5.74, 6) is 0.889. The zero-order chi connectivity index (χ0) is 14.5. The molecule has 0 radical (unpaired) electrons. The minimum Gasteiger partial charge on any atom is -0.508 e. The second-order valence-corrected chi connectivity index (χ2v) is 4.59. The van der Waals surface area contributed by atoms with Gasteiger partial charge in [0.15, 0.2) is 0 Å². The number of tetrazole rings is 1. The third kappa shape index (κ3) is 3.17. The quantitative estimate of drug-likeness (QED) is 0.748. The maximum Gasteiger partial charge on any atom is 0.247 e. The molecule has 2 aromatic carbocycles. The van der Waals surface area contributed by atoms with Crippen molar-refractivity contribution in [2.24, 2.45) is 0 Å². The predicted molar refractivity (Wildman–Crippen MR) is 79.5 cm³/mol. The summed E-state index contributed by atoms with van der Waals surface area (Å²) >= 11 is 0. The van der Waals surface area contributed by atoms with Gasteiger partial charge in [-0.3, -0.25) is 0 Å². The fraction of sp³-hybridized carbons (Fsp3) is 0.133. The molecule has 0 aliphatic carbocycles. The van der Waals surface area contributed by atoms with Crippen molar-refractivity contribution in [1.29, 1.82) is 0 Å². The Morgan fingerprint density at radius 3 is 2.52 bits per heavy atom. The Kier molecular flexibility index (Phi) is 3.77. The third-order valence-corrected chi connectivity index (χ3v) is 3.10. The lowest BCUT2D eigenvalue weighted by atomic mass is 10.1. The number of nitrogens with one attached hydrogen (secondary N) is 1. The molecule has 3 rings (SSSR count). The Bertz CT molecular complexity index is 694. The molecule has 106 valence electrons. The molecule has 6 heteroatoms. The molecule has 0 saturated heterocycles. The van der Waals surface area contributed by atoms with E-state index in [-0.39, 0.29) is 5.75 Å². The molecular weight excluding hydrogens is 266 g/mol. The minimum absolute atomic E-state index is 0.278. The van der Waals surface area contributed by atoms with Crippen LogP contribution < -0.4 is 5.32 Å². The second-order valence-electron chi connectivity index (χ2n) is 4.59. The van der Waals surface area contributed by atoms with Gasteiger partial charge in [-0.05, 0) is 46.7 Å². The zero-order valence-electron chi connectivity index (χ0n) is 11.3. The van der Waals surface area contributed by atoms with Crippen molar-refractivity contribution >= 4 is 5.95 Å². The lowest BCUT2D eigenvalue weighted by molar-refractivity contribution is 0.475. The first kappa shape index (κ1) is 13.1. The Labute approximate surface area is 122 Å². The number of phenolic OH excluding ortho intramolecular Hbond substituents is 1. The van der Waals surface area contributed by atoms with E-state index in [0.29, 0.717) is 12.5 Å². The SMILES string of the molecule is Oc1ccc(CCNc2nnnn2-c2ccccc2)cc1. The number of anilines is 1. The Balaban J connectivity index is 1.64. The summed E-state index contributed by atoms with van der Waals surface area (Å²) in [4.78, 5) is 0. The van der Waals surface area contributed by atoms with Crippen molar-refractivity contribution in [3.05, 3.63) is 60.2 Å². The zero-order valence-corrected chi connectivity index (χ0v) is 11.3. The molecule has 6 nitrogen and oxygen atoms in total. The van der Waals surface area contributed by atoms with Gasteiger partial charge in [-0.1, -0.05) is 35.4 Å². The van der Waals surface area contributed by atoms with Crippen LogP contribution in [0.3, 0.4) is 0 Å². The smallest absolute Gasteiger partial charge is 0.247 e. The number of nitrogens with zero attached hydrogens (tertiary/aromatic N) is 4.